The van der Waals surface area contributed by atoms with E-state index >= 15 is 0 Å². The van der Waals surface area contributed by atoms with E-state index in [1.165, 1.54) is 5.69 Å². The van der Waals surface area contributed by atoms with Crippen LogP contribution in [-0.2, 0) is 18.3 Å². The number of hydrogen-bond donors (Lipinski definition) is 0. The number of aromatic nitrogens is 3. The molecule has 1 unspecified atom stereocenters. The molecule has 144 valence electrons. The van der Waals surface area contributed by atoms with E-state index in [1.807, 2.05) is 35.0 Å². The molecule has 2 aromatic rings. The Balaban J connectivity index is 1.44. The van der Waals surface area contributed by atoms with Crippen LogP contribution in [0.3, 0.4) is 0 Å². The third-order valence-corrected chi connectivity index (χ3v) is 5.52. The van der Waals surface area contributed by atoms with E-state index in [4.69, 9.17) is 9.72 Å². The minimum absolute atomic E-state index is 0.0164. The Kier molecular flexibility index (Phi) is 5.50. The fourth-order valence-corrected chi connectivity index (χ4v) is 3.95. The molecule has 7 nitrogen and oxygen atoms in total. The number of likely N-dealkylation sites (tertiary alicyclic amines) is 1. The van der Waals surface area contributed by atoms with Gasteiger partial charge in [-0.15, -0.1) is 0 Å². The summed E-state index contributed by atoms with van der Waals surface area (Å²) in [6, 6.07) is 7.94. The predicted molar refractivity (Wildman–Crippen MR) is 101 cm³/mol. The maximum atomic E-state index is 12.7. The van der Waals surface area contributed by atoms with Gasteiger partial charge in [-0.2, -0.15) is 5.10 Å². The van der Waals surface area contributed by atoms with E-state index in [-0.39, 0.29) is 5.91 Å². The van der Waals surface area contributed by atoms with E-state index in [0.29, 0.717) is 37.9 Å². The zero-order valence-electron chi connectivity index (χ0n) is 15.9. The molecule has 4 rings (SSSR count). The Morgan fingerprint density at radius 3 is 2.85 bits per heavy atom. The van der Waals surface area contributed by atoms with E-state index in [9.17, 15) is 4.79 Å². The lowest BCUT2D eigenvalue weighted by Crippen LogP contribution is -2.41. The number of ether oxygens (including phenoxy) is 1. The summed E-state index contributed by atoms with van der Waals surface area (Å²) < 4.78 is 7.28. The van der Waals surface area contributed by atoms with Crippen LogP contribution < -0.4 is 0 Å². The highest BCUT2D eigenvalue weighted by Gasteiger charge is 2.25. The minimum Gasteiger partial charge on any atom is -0.378 e. The highest BCUT2D eigenvalue weighted by Crippen LogP contribution is 2.27. The van der Waals surface area contributed by atoms with Gasteiger partial charge in [-0.1, -0.05) is 6.07 Å². The van der Waals surface area contributed by atoms with Gasteiger partial charge in [-0.25, -0.2) is 4.98 Å². The number of carbonyl (C=O) groups is 1. The molecule has 0 aliphatic carbocycles. The van der Waals surface area contributed by atoms with Crippen molar-refractivity contribution in [3.63, 3.8) is 0 Å². The lowest BCUT2D eigenvalue weighted by atomic mass is 9.94. The van der Waals surface area contributed by atoms with E-state index < -0.39 is 0 Å². The van der Waals surface area contributed by atoms with Crippen LogP contribution in [0.5, 0.6) is 0 Å². The Hall–Kier alpha value is -2.25. The maximum Gasteiger partial charge on any atom is 0.272 e. The number of morpholine rings is 1. The molecule has 0 aromatic carbocycles. The SMILES string of the molecule is Cn1nccc1CN1CCCC(c2cccc(C(=O)N3CCOCC3)n2)C1. The van der Waals surface area contributed by atoms with Gasteiger partial charge < -0.3 is 9.64 Å². The van der Waals surface area contributed by atoms with Crippen molar-refractivity contribution in [1.82, 2.24) is 24.6 Å². The number of nitrogens with zero attached hydrogens (tertiary/aromatic N) is 5. The van der Waals surface area contributed by atoms with Gasteiger partial charge in [0.1, 0.15) is 5.69 Å². The van der Waals surface area contributed by atoms with Gasteiger partial charge in [0.2, 0.25) is 0 Å². The highest BCUT2D eigenvalue weighted by atomic mass is 16.5. The first kappa shape index (κ1) is 18.1. The molecule has 2 fully saturated rings. The van der Waals surface area contributed by atoms with Gasteiger partial charge in [0.25, 0.3) is 5.91 Å². The molecule has 2 aliphatic heterocycles. The van der Waals surface area contributed by atoms with Crippen LogP contribution in [0.4, 0.5) is 0 Å². The van der Waals surface area contributed by atoms with Crippen LogP contribution in [0.1, 0.15) is 40.6 Å². The normalized spacial score (nSPS) is 21.4. The van der Waals surface area contributed by atoms with Crippen LogP contribution in [0.25, 0.3) is 0 Å². The number of hydrogen-bond acceptors (Lipinski definition) is 5. The van der Waals surface area contributed by atoms with Crippen molar-refractivity contribution in [2.75, 3.05) is 39.4 Å². The molecule has 0 saturated carbocycles. The second-order valence-electron chi connectivity index (χ2n) is 7.37. The topological polar surface area (TPSA) is 63.5 Å². The van der Waals surface area contributed by atoms with Crippen molar-refractivity contribution < 1.29 is 9.53 Å². The summed E-state index contributed by atoms with van der Waals surface area (Å²) in [6.45, 7) is 5.47. The molecule has 7 heteroatoms. The summed E-state index contributed by atoms with van der Waals surface area (Å²) in [5.41, 5.74) is 2.81. The molecule has 0 spiro atoms. The number of pyridine rings is 1. The smallest absolute Gasteiger partial charge is 0.272 e. The van der Waals surface area contributed by atoms with Gasteiger partial charge in [-0.3, -0.25) is 14.4 Å². The molecular formula is C20H27N5O2. The summed E-state index contributed by atoms with van der Waals surface area (Å²) in [6.07, 6.45) is 4.11. The van der Waals surface area contributed by atoms with E-state index in [1.54, 1.807) is 0 Å². The van der Waals surface area contributed by atoms with Gasteiger partial charge in [-0.05, 0) is 37.6 Å². The molecule has 1 atom stereocenters. The van der Waals surface area contributed by atoms with Crippen LogP contribution in [0, 0.1) is 0 Å². The van der Waals surface area contributed by atoms with Crippen molar-refractivity contribution in [3.05, 3.63) is 47.5 Å². The maximum absolute atomic E-state index is 12.7. The largest absolute Gasteiger partial charge is 0.378 e. The zero-order valence-corrected chi connectivity index (χ0v) is 15.9. The summed E-state index contributed by atoms with van der Waals surface area (Å²) in [4.78, 5) is 21.8. The van der Waals surface area contributed by atoms with Crippen LogP contribution in [-0.4, -0.2) is 69.9 Å². The minimum atomic E-state index is 0.0164. The first-order valence-electron chi connectivity index (χ1n) is 9.74. The monoisotopic (exact) mass is 369 g/mol. The van der Waals surface area contributed by atoms with Gasteiger partial charge in [0.15, 0.2) is 0 Å². The third-order valence-electron chi connectivity index (χ3n) is 5.52. The third kappa shape index (κ3) is 4.20. The fourth-order valence-electron chi connectivity index (χ4n) is 3.95. The van der Waals surface area contributed by atoms with Crippen LogP contribution >= 0.6 is 0 Å². The fraction of sp³-hybridized carbons (Fsp3) is 0.550. The lowest BCUT2D eigenvalue weighted by molar-refractivity contribution is 0.0298. The molecule has 0 N–H and O–H groups in total. The summed E-state index contributed by atoms with van der Waals surface area (Å²) in [5.74, 6) is 0.382. The number of piperidine rings is 1. The summed E-state index contributed by atoms with van der Waals surface area (Å²) in [5, 5.41) is 4.26. The first-order valence-corrected chi connectivity index (χ1v) is 9.74. The Bertz CT molecular complexity index is 784. The number of amides is 1. The quantitative estimate of drug-likeness (QED) is 0.820. The highest BCUT2D eigenvalue weighted by molar-refractivity contribution is 5.92. The van der Waals surface area contributed by atoms with Gasteiger partial charge in [0, 0.05) is 51.0 Å². The summed E-state index contributed by atoms with van der Waals surface area (Å²) >= 11 is 0. The number of rotatable bonds is 4. The standard InChI is InChI=1S/C20H27N5O2/c1-23-17(7-8-21-23)15-24-9-3-4-16(14-24)18-5-2-6-19(22-18)20(26)25-10-12-27-13-11-25/h2,5-8,16H,3-4,9-15H2,1H3. The van der Waals surface area contributed by atoms with Gasteiger partial charge >= 0.3 is 0 Å². The molecular weight excluding hydrogens is 342 g/mol. The van der Waals surface area contributed by atoms with Crippen molar-refractivity contribution in [2.24, 2.45) is 7.05 Å². The number of carbonyl (C=O) groups excluding carboxylic acids is 1. The Morgan fingerprint density at radius 1 is 1.22 bits per heavy atom. The molecule has 0 bridgehead atoms. The van der Waals surface area contributed by atoms with Crippen molar-refractivity contribution >= 4 is 5.91 Å². The summed E-state index contributed by atoms with van der Waals surface area (Å²) in [7, 11) is 1.99. The molecule has 4 heterocycles. The van der Waals surface area contributed by atoms with Crippen LogP contribution in [0.15, 0.2) is 30.5 Å². The Labute approximate surface area is 159 Å². The van der Waals surface area contributed by atoms with E-state index in [0.717, 1.165) is 38.2 Å². The molecule has 0 radical (unpaired) electrons. The van der Waals surface area contributed by atoms with Crippen molar-refractivity contribution in [2.45, 2.75) is 25.3 Å². The lowest BCUT2D eigenvalue weighted by Gasteiger charge is -2.32. The molecule has 27 heavy (non-hydrogen) atoms. The predicted octanol–water partition coefficient (Wildman–Crippen LogP) is 1.67. The first-order chi connectivity index (χ1) is 13.2. The average Bonchev–Trinajstić information content (AvgIpc) is 3.13. The Morgan fingerprint density at radius 2 is 2.07 bits per heavy atom. The molecule has 1 amide bonds. The van der Waals surface area contributed by atoms with Crippen molar-refractivity contribution in [1.29, 1.82) is 0 Å². The average molecular weight is 369 g/mol. The zero-order chi connectivity index (χ0) is 18.6. The van der Waals surface area contributed by atoms with Gasteiger partial charge in [0.05, 0.1) is 18.9 Å². The molecule has 2 aliphatic rings. The second-order valence-corrected chi connectivity index (χ2v) is 7.37. The van der Waals surface area contributed by atoms with Crippen LogP contribution in [0.2, 0.25) is 0 Å². The molecule has 2 aromatic heterocycles. The molecule has 2 saturated heterocycles. The second kappa shape index (κ2) is 8.19. The van der Waals surface area contributed by atoms with E-state index in [2.05, 4.69) is 22.1 Å². The number of aryl methyl sites for hydroxylation is 1. The van der Waals surface area contributed by atoms with Crippen molar-refractivity contribution in [3.8, 4) is 0 Å².